The van der Waals surface area contributed by atoms with Crippen LogP contribution in [-0.4, -0.2) is 218 Å². The number of rotatable bonds is 36. The van der Waals surface area contributed by atoms with Crippen molar-refractivity contribution in [2.75, 3.05) is 52.9 Å². The fraction of sp³-hybridized carbons (Fsp3) is 0.612. The van der Waals surface area contributed by atoms with Gasteiger partial charge in [0.1, 0.15) is 62.7 Å². The first-order valence-electron chi connectivity index (χ1n) is 41.0. The van der Waals surface area contributed by atoms with Gasteiger partial charge in [0.05, 0.1) is 51.9 Å². The molecule has 18 N–H and O–H groups in total. The van der Waals surface area contributed by atoms with E-state index in [1.165, 1.54) is 55.5 Å². The van der Waals surface area contributed by atoms with Crippen LogP contribution in [0.3, 0.4) is 0 Å². The predicted molar refractivity (Wildman–Crippen MR) is 509 cm³/mol. The minimum absolute atomic E-state index is 0. The lowest BCUT2D eigenvalue weighted by atomic mass is 9.93. The van der Waals surface area contributed by atoms with Crippen LogP contribution in [0.15, 0.2) is 117 Å². The second-order valence-corrected chi connectivity index (χ2v) is 41.0. The number of nitrogens with two attached hydrogens (primary N) is 5. The molecule has 4 rings (SSSR count). The minimum atomic E-state index is -4.02. The maximum absolute atomic E-state index is 12.0. The molecule has 1 amide bonds. The summed E-state index contributed by atoms with van der Waals surface area (Å²) in [7, 11) is -16.1. The quantitative estimate of drug-likeness (QED) is 0.00661. The first-order valence-corrected chi connectivity index (χ1v) is 49.1. The zero-order chi connectivity index (χ0) is 104. The Morgan fingerprint density at radius 2 is 0.556 bits per heavy atom. The highest BCUT2D eigenvalue weighted by Gasteiger charge is 2.33. The van der Waals surface area contributed by atoms with Gasteiger partial charge in [-0.3, -0.25) is 51.8 Å². The van der Waals surface area contributed by atoms with Gasteiger partial charge in [0.25, 0.3) is 40.5 Å². The maximum Gasteiger partial charge on any atom is 0.515 e. The third-order valence-electron chi connectivity index (χ3n) is 16.7. The molecule has 38 nitrogen and oxygen atoms in total. The summed E-state index contributed by atoms with van der Waals surface area (Å²) < 4.78 is 152. The molecule has 0 aliphatic heterocycles. The normalized spacial score (nSPS) is 12.7. The molecule has 0 heterocycles. The molecule has 0 radical (unpaired) electrons. The Morgan fingerprint density at radius 3 is 0.714 bits per heavy atom. The Labute approximate surface area is 814 Å². The third-order valence-corrected chi connectivity index (χ3v) is 20.7. The minimum Gasteiger partial charge on any atom is -0.480 e. The van der Waals surface area contributed by atoms with Gasteiger partial charge in [-0.25, -0.2) is 9.59 Å². The molecule has 0 saturated carbocycles. The van der Waals surface area contributed by atoms with E-state index in [4.69, 9.17) is 160 Å². The van der Waals surface area contributed by atoms with Gasteiger partial charge in [-0.2, -0.15) is 33.7 Å². The van der Waals surface area contributed by atoms with E-state index in [1.807, 2.05) is 104 Å². The number of nitrogens with one attached hydrogen (secondary N) is 1. The monoisotopic (exact) mass is 2100 g/mol. The summed E-state index contributed by atoms with van der Waals surface area (Å²) in [6.45, 7) is 37.4. The van der Waals surface area contributed by atoms with Gasteiger partial charge < -0.3 is 87.2 Å². The van der Waals surface area contributed by atoms with E-state index in [9.17, 15) is 76.8 Å². The zero-order valence-electron chi connectivity index (χ0n) is 78.1. The molecule has 0 fully saturated rings. The fourth-order valence-corrected chi connectivity index (χ4v) is 10.8. The number of carboxylic acid groups (broad SMARTS) is 1. The summed E-state index contributed by atoms with van der Waals surface area (Å²) in [6.07, 6.45) is 5.29. The van der Waals surface area contributed by atoms with Crippen LogP contribution >= 0.6 is 69.6 Å². The largest absolute Gasteiger partial charge is 0.515 e. The summed E-state index contributed by atoms with van der Waals surface area (Å²) in [5.41, 5.74) is 31.3. The Kier molecular flexibility index (Phi) is 76.6. The van der Waals surface area contributed by atoms with Crippen molar-refractivity contribution in [2.24, 2.45) is 76.0 Å². The van der Waals surface area contributed by atoms with E-state index in [-0.39, 0.29) is 126 Å². The standard InChI is InChI=1S/C22H41NO5.2C12H24N2O4.4C7H8O3S.C5H11NO2.C3Cl6O3.C2H6O2.CH4/c1-7-19(16(2)3)21(25)27-14-12-10-8-9-11-13-15-28-22(26)20(17(4)5)23-18(6)24;2*1-7(2)9(13)11(15)17-5-6-18-12(16)10(14)8(3)4;4*1-6-2-4-7(5-3-6)11(8,9)10;1-3(2)4(6)5(7)8;4-2(5,6)11-1(10)12-3(7,8)9;3-1-2-4;/h16-17,19-20H,7-15H2,1-6H3,(H,23,24);2*7-10H,5-6,13-14H2,1-4H3;4*2-5H,1H3,(H,8,9,10);3-4H,6H2,1-2H3,(H,7,8);;3-4H,1-2H2;1H4/t19-,20-;2*9-,10-;;;;;4-;;;/m000....0.../s1. The molecule has 0 bridgehead atoms. The van der Waals surface area contributed by atoms with E-state index in [2.05, 4.69) is 28.6 Å². The molecule has 0 saturated heterocycles. The number of aliphatic carboxylic acids is 1. The van der Waals surface area contributed by atoms with Crippen LogP contribution in [0.2, 0.25) is 0 Å². The van der Waals surface area contributed by atoms with Crippen molar-refractivity contribution in [1.29, 1.82) is 0 Å². The Hall–Kier alpha value is -6.99. The Balaban J connectivity index is -0.000000273. The van der Waals surface area contributed by atoms with Gasteiger partial charge in [-0.05, 0) is 207 Å². The second-order valence-electron chi connectivity index (χ2n) is 30.9. The average molecular weight is 2100 g/mol. The van der Waals surface area contributed by atoms with Crippen molar-refractivity contribution in [3.63, 3.8) is 0 Å². The number of hydrogen-bond donors (Lipinski definition) is 13. The molecule has 770 valence electrons. The van der Waals surface area contributed by atoms with Gasteiger partial charge in [-0.15, -0.1) is 0 Å². The van der Waals surface area contributed by atoms with E-state index in [0.717, 1.165) is 67.2 Å². The number of carboxylic acids is 1. The molecule has 0 aliphatic carbocycles. The summed E-state index contributed by atoms with van der Waals surface area (Å²) in [4.78, 5) is 101. The van der Waals surface area contributed by atoms with Crippen LogP contribution in [0, 0.1) is 75.0 Å². The van der Waals surface area contributed by atoms with Crippen molar-refractivity contribution in [3.8, 4) is 0 Å². The van der Waals surface area contributed by atoms with Crippen LogP contribution in [0.25, 0.3) is 0 Å². The molecule has 0 aromatic heterocycles. The van der Waals surface area contributed by atoms with Crippen LogP contribution in [0.5, 0.6) is 0 Å². The van der Waals surface area contributed by atoms with Gasteiger partial charge in [0, 0.05) is 6.92 Å². The lowest BCUT2D eigenvalue weighted by molar-refractivity contribution is -0.155. The topological polar surface area (TPSA) is 648 Å². The number of esters is 6. The molecule has 4 aromatic rings. The van der Waals surface area contributed by atoms with Crippen molar-refractivity contribution >= 4 is 164 Å². The number of aryl methyl sites for hydroxylation is 4. The number of amides is 1. The first kappa shape index (κ1) is 139. The van der Waals surface area contributed by atoms with Crippen LogP contribution in [0.4, 0.5) is 4.79 Å². The Morgan fingerprint density at radius 1 is 0.346 bits per heavy atom. The number of carbonyl (C=O) groups excluding carboxylic acids is 8. The highest BCUT2D eigenvalue weighted by molar-refractivity contribution is 7.86. The molecular formula is C85H142Cl6N6O32S4. The number of alkyl halides is 6. The smallest absolute Gasteiger partial charge is 0.480 e. The number of aliphatic hydroxyl groups excluding tert-OH is 2. The molecule has 0 unspecified atom stereocenters. The number of ether oxygens (including phenoxy) is 8. The van der Waals surface area contributed by atoms with E-state index in [0.29, 0.717) is 19.1 Å². The third kappa shape index (κ3) is 76.7. The highest BCUT2D eigenvalue weighted by Crippen LogP contribution is 2.32. The van der Waals surface area contributed by atoms with Gasteiger partial charge in [0.15, 0.2) is 0 Å². The summed E-state index contributed by atoms with van der Waals surface area (Å²) in [5.74, 6) is -3.18. The van der Waals surface area contributed by atoms with Crippen LogP contribution < -0.4 is 34.0 Å². The van der Waals surface area contributed by atoms with E-state index >= 15 is 0 Å². The van der Waals surface area contributed by atoms with Crippen LogP contribution in [-0.2, 0) is 117 Å². The number of halogens is 6. The number of carbonyl (C=O) groups is 9. The number of unbranched alkanes of at least 4 members (excludes halogenated alkanes) is 5. The van der Waals surface area contributed by atoms with Crippen molar-refractivity contribution in [1.82, 2.24) is 5.32 Å². The maximum atomic E-state index is 12.0. The summed E-state index contributed by atoms with van der Waals surface area (Å²) in [6, 6.07) is 20.0. The first-order chi connectivity index (χ1) is 60.3. The van der Waals surface area contributed by atoms with Crippen molar-refractivity contribution in [2.45, 2.75) is 255 Å². The van der Waals surface area contributed by atoms with E-state index < -0.39 is 121 Å². The molecular weight excluding hydrogens is 1960 g/mol. The van der Waals surface area contributed by atoms with Gasteiger partial charge in [0.2, 0.25) is 5.91 Å². The molecule has 48 heteroatoms. The second kappa shape index (κ2) is 73.2. The molecule has 0 aliphatic rings. The molecule has 7 atom stereocenters. The summed E-state index contributed by atoms with van der Waals surface area (Å²) in [5, 5.41) is 26.1. The van der Waals surface area contributed by atoms with Crippen molar-refractivity contribution in [3.05, 3.63) is 119 Å². The number of benzene rings is 4. The number of hydrogen-bond acceptors (Lipinski definition) is 32. The van der Waals surface area contributed by atoms with Crippen LogP contribution in [0.1, 0.15) is 185 Å². The number of aliphatic hydroxyl groups is 2. The van der Waals surface area contributed by atoms with Crippen molar-refractivity contribution < 1.29 is 148 Å². The lowest BCUT2D eigenvalue weighted by Gasteiger charge is -2.19. The van der Waals surface area contributed by atoms with Gasteiger partial charge in [-0.1, -0.05) is 208 Å². The molecule has 4 aromatic carbocycles. The Bertz CT molecular complexity index is 4000. The highest BCUT2D eigenvalue weighted by atomic mass is 35.6. The van der Waals surface area contributed by atoms with Gasteiger partial charge >= 0.3 is 55.9 Å². The summed E-state index contributed by atoms with van der Waals surface area (Å²) >= 11 is 30.2. The average Bonchev–Trinajstić information content (AvgIpc) is 0.872. The predicted octanol–water partition coefficient (Wildman–Crippen LogP) is 12.8. The fourth-order valence-electron chi connectivity index (χ4n) is 8.46. The zero-order valence-corrected chi connectivity index (χ0v) is 85.9. The SMILES string of the molecule is C.CC(C)[C@H](N)C(=O)O.CC(C)[C@H](N)C(=O)OCCOC(=O)[C@@H](N)C(C)C.CC(C)[C@H](N)C(=O)OCCOC(=O)[C@@H](N)C(C)C.CC[C@H](C(=O)OCCCCCCCCOC(=O)[C@@H](NC(C)=O)C(C)C)C(C)C.Cc1ccc(S(=O)(=O)O)cc1.Cc1ccc(S(=O)(=O)O)cc1.Cc1ccc(S(=O)(=O)O)cc1.Cc1ccc(S(=O)(=O)O)cc1.O=C(OC(Cl)(Cl)Cl)OC(Cl)(Cl)Cl.OCCO. The van der Waals surface area contributed by atoms with E-state index in [1.54, 1.807) is 62.4 Å². The lowest BCUT2D eigenvalue weighted by Crippen LogP contribution is -2.44. The molecule has 133 heavy (non-hydrogen) atoms. The molecule has 0 spiro atoms.